The van der Waals surface area contributed by atoms with Crippen LogP contribution in [0.4, 0.5) is 10.5 Å². The molecule has 0 bridgehead atoms. The highest BCUT2D eigenvalue weighted by Crippen LogP contribution is 2.14. The Labute approximate surface area is 180 Å². The molecule has 1 saturated heterocycles. The fraction of sp³-hybridized carbons (Fsp3) is 0.400. The summed E-state index contributed by atoms with van der Waals surface area (Å²) >= 11 is 0. The number of benzene rings is 2. The number of urea groups is 1. The summed E-state index contributed by atoms with van der Waals surface area (Å²) in [6.07, 6.45) is 0. The van der Waals surface area contributed by atoms with Crippen LogP contribution in [0, 0.1) is 17.8 Å². The number of carbonyl (C=O) groups excluding carboxylic acids is 1. The van der Waals surface area contributed by atoms with E-state index in [2.05, 4.69) is 53.2 Å². The van der Waals surface area contributed by atoms with Crippen LogP contribution in [-0.2, 0) is 0 Å². The minimum Gasteiger partial charge on any atom is -0.336 e. The molecule has 1 fully saturated rings. The molecule has 5 heteroatoms. The Kier molecular flexibility index (Phi) is 7.89. The van der Waals surface area contributed by atoms with E-state index in [9.17, 15) is 4.79 Å². The Balaban J connectivity index is 1.55. The second-order valence-electron chi connectivity index (χ2n) is 8.18. The molecule has 2 amide bonds. The standard InChI is InChI=1S/C25H32N4O/c1-20(2)24(29-16-14-28(3)15-17-29)19-26-25(30)27-23-11-7-10-22(18-23)13-12-21-8-5-4-6-9-21/h4-11,18,20,24H,14-17,19H2,1-3H3,(H2,26,27,30). The molecule has 1 heterocycles. The lowest BCUT2D eigenvalue weighted by Gasteiger charge is -2.39. The van der Waals surface area contributed by atoms with Crippen molar-refractivity contribution >= 4 is 11.7 Å². The number of anilines is 1. The normalized spacial score (nSPS) is 15.9. The van der Waals surface area contributed by atoms with Crippen molar-refractivity contribution in [1.82, 2.24) is 15.1 Å². The quantitative estimate of drug-likeness (QED) is 0.750. The van der Waals surface area contributed by atoms with Gasteiger partial charge in [-0.3, -0.25) is 4.90 Å². The third-order valence-corrected chi connectivity index (χ3v) is 5.49. The fourth-order valence-electron chi connectivity index (χ4n) is 3.65. The lowest BCUT2D eigenvalue weighted by molar-refractivity contribution is 0.0890. The zero-order chi connectivity index (χ0) is 21.3. The van der Waals surface area contributed by atoms with Gasteiger partial charge in [-0.25, -0.2) is 4.79 Å². The largest absolute Gasteiger partial charge is 0.336 e. The van der Waals surface area contributed by atoms with Gasteiger partial charge in [0.25, 0.3) is 0 Å². The predicted molar refractivity (Wildman–Crippen MR) is 124 cm³/mol. The fourth-order valence-corrected chi connectivity index (χ4v) is 3.65. The van der Waals surface area contributed by atoms with Gasteiger partial charge in [0.05, 0.1) is 0 Å². The first-order valence-corrected chi connectivity index (χ1v) is 10.7. The second kappa shape index (κ2) is 10.8. The van der Waals surface area contributed by atoms with E-state index in [0.717, 1.165) is 43.0 Å². The number of amides is 2. The van der Waals surface area contributed by atoms with Gasteiger partial charge in [-0.15, -0.1) is 0 Å². The molecule has 30 heavy (non-hydrogen) atoms. The third-order valence-electron chi connectivity index (χ3n) is 5.49. The van der Waals surface area contributed by atoms with E-state index in [1.54, 1.807) is 0 Å². The summed E-state index contributed by atoms with van der Waals surface area (Å²) in [6.45, 7) is 9.32. The van der Waals surface area contributed by atoms with Crippen LogP contribution in [0.3, 0.4) is 0 Å². The first-order chi connectivity index (χ1) is 14.5. The molecule has 0 aliphatic carbocycles. The zero-order valence-electron chi connectivity index (χ0n) is 18.2. The second-order valence-corrected chi connectivity index (χ2v) is 8.18. The topological polar surface area (TPSA) is 47.6 Å². The highest BCUT2D eigenvalue weighted by molar-refractivity contribution is 5.89. The molecule has 0 aromatic heterocycles. The molecular formula is C25H32N4O. The molecule has 1 aliphatic rings. The van der Waals surface area contributed by atoms with Crippen LogP contribution >= 0.6 is 0 Å². The number of hydrogen-bond donors (Lipinski definition) is 2. The number of nitrogens with zero attached hydrogens (tertiary/aromatic N) is 2. The summed E-state index contributed by atoms with van der Waals surface area (Å²) in [5.41, 5.74) is 2.58. The van der Waals surface area contributed by atoms with E-state index < -0.39 is 0 Å². The average Bonchev–Trinajstić information content (AvgIpc) is 2.74. The Morgan fingerprint density at radius 3 is 2.33 bits per heavy atom. The van der Waals surface area contributed by atoms with Gasteiger partial charge in [-0.05, 0) is 43.3 Å². The van der Waals surface area contributed by atoms with Gasteiger partial charge in [0.15, 0.2) is 0 Å². The van der Waals surface area contributed by atoms with E-state index in [4.69, 9.17) is 0 Å². The van der Waals surface area contributed by atoms with Gasteiger partial charge in [-0.2, -0.15) is 0 Å². The van der Waals surface area contributed by atoms with Gasteiger partial charge in [0.2, 0.25) is 0 Å². The summed E-state index contributed by atoms with van der Waals surface area (Å²) in [7, 11) is 2.16. The third kappa shape index (κ3) is 6.62. The lowest BCUT2D eigenvalue weighted by Crippen LogP contribution is -2.54. The summed E-state index contributed by atoms with van der Waals surface area (Å²) in [5.74, 6) is 6.78. The van der Waals surface area contributed by atoms with Crippen molar-refractivity contribution in [2.45, 2.75) is 19.9 Å². The monoisotopic (exact) mass is 404 g/mol. The Morgan fingerprint density at radius 1 is 0.967 bits per heavy atom. The highest BCUT2D eigenvalue weighted by Gasteiger charge is 2.25. The minimum absolute atomic E-state index is 0.178. The van der Waals surface area contributed by atoms with Gasteiger partial charge < -0.3 is 15.5 Å². The van der Waals surface area contributed by atoms with Crippen molar-refractivity contribution in [2.24, 2.45) is 5.92 Å². The number of hydrogen-bond acceptors (Lipinski definition) is 3. The van der Waals surface area contributed by atoms with Gasteiger partial charge >= 0.3 is 6.03 Å². The Morgan fingerprint density at radius 2 is 1.63 bits per heavy atom. The molecule has 158 valence electrons. The SMILES string of the molecule is CC(C)C(CNC(=O)Nc1cccc(C#Cc2ccccc2)c1)N1CCN(C)CC1. The molecule has 1 atom stereocenters. The van der Waals surface area contributed by atoms with Crippen LogP contribution in [0.2, 0.25) is 0 Å². The highest BCUT2D eigenvalue weighted by atomic mass is 16.2. The number of piperazine rings is 1. The molecule has 3 rings (SSSR count). The maximum atomic E-state index is 12.5. The van der Waals surface area contributed by atoms with Crippen molar-refractivity contribution in [3.8, 4) is 11.8 Å². The molecule has 0 radical (unpaired) electrons. The van der Waals surface area contributed by atoms with Crippen molar-refractivity contribution in [3.05, 3.63) is 65.7 Å². The molecule has 2 aromatic rings. The lowest BCUT2D eigenvalue weighted by atomic mass is 10.0. The Bertz CT molecular complexity index is 877. The van der Waals surface area contributed by atoms with Crippen molar-refractivity contribution < 1.29 is 4.79 Å². The maximum absolute atomic E-state index is 12.5. The van der Waals surface area contributed by atoms with Gasteiger partial charge in [0, 0.05) is 55.6 Å². The Hall–Kier alpha value is -2.81. The molecule has 2 aromatic carbocycles. The summed E-state index contributed by atoms with van der Waals surface area (Å²) in [6, 6.07) is 17.7. The first-order valence-electron chi connectivity index (χ1n) is 10.7. The van der Waals surface area contributed by atoms with E-state index in [-0.39, 0.29) is 6.03 Å². The number of carbonyl (C=O) groups is 1. The molecule has 1 aliphatic heterocycles. The summed E-state index contributed by atoms with van der Waals surface area (Å²) in [4.78, 5) is 17.3. The smallest absolute Gasteiger partial charge is 0.319 e. The summed E-state index contributed by atoms with van der Waals surface area (Å²) in [5, 5.41) is 6.00. The van der Waals surface area contributed by atoms with E-state index in [1.807, 2.05) is 54.6 Å². The van der Waals surface area contributed by atoms with Crippen LogP contribution in [0.25, 0.3) is 0 Å². The van der Waals surface area contributed by atoms with E-state index in [1.165, 1.54) is 0 Å². The van der Waals surface area contributed by atoms with Crippen molar-refractivity contribution in [3.63, 3.8) is 0 Å². The molecular weight excluding hydrogens is 372 g/mol. The summed E-state index contributed by atoms with van der Waals surface area (Å²) < 4.78 is 0. The molecule has 0 spiro atoms. The minimum atomic E-state index is -0.178. The van der Waals surface area contributed by atoms with Crippen molar-refractivity contribution in [1.29, 1.82) is 0 Å². The molecule has 1 unspecified atom stereocenters. The molecule has 5 nitrogen and oxygen atoms in total. The van der Waals surface area contributed by atoms with Crippen LogP contribution < -0.4 is 10.6 Å². The number of nitrogens with one attached hydrogen (secondary N) is 2. The van der Waals surface area contributed by atoms with Crippen LogP contribution in [0.5, 0.6) is 0 Å². The number of likely N-dealkylation sites (N-methyl/N-ethyl adjacent to an activating group) is 1. The van der Waals surface area contributed by atoms with Crippen molar-refractivity contribution in [2.75, 3.05) is 45.1 Å². The van der Waals surface area contributed by atoms with E-state index in [0.29, 0.717) is 18.5 Å². The number of rotatable bonds is 5. The maximum Gasteiger partial charge on any atom is 0.319 e. The van der Waals surface area contributed by atoms with E-state index >= 15 is 0 Å². The van der Waals surface area contributed by atoms with Gasteiger partial charge in [0.1, 0.15) is 0 Å². The first kappa shape index (κ1) is 21.9. The average molecular weight is 405 g/mol. The van der Waals surface area contributed by atoms with Crippen LogP contribution in [-0.4, -0.2) is 61.6 Å². The zero-order valence-corrected chi connectivity index (χ0v) is 18.2. The van der Waals surface area contributed by atoms with Crippen LogP contribution in [0.1, 0.15) is 25.0 Å². The predicted octanol–water partition coefficient (Wildman–Crippen LogP) is 3.48. The molecule has 0 saturated carbocycles. The molecule has 2 N–H and O–H groups in total. The van der Waals surface area contributed by atoms with Gasteiger partial charge in [-0.1, -0.05) is 50.0 Å². The van der Waals surface area contributed by atoms with Crippen LogP contribution in [0.15, 0.2) is 54.6 Å².